The summed E-state index contributed by atoms with van der Waals surface area (Å²) in [5.41, 5.74) is -2.81. The SMILES string of the molecule is O=C(Nc1cc(C(F)(F)F)ccc1N1CCOCC1)c1ccccc1C(F)(F)F. The fourth-order valence-electron chi connectivity index (χ4n) is 3.01. The van der Waals surface area contributed by atoms with Crippen molar-refractivity contribution in [3.63, 3.8) is 0 Å². The highest BCUT2D eigenvalue weighted by molar-refractivity contribution is 6.07. The van der Waals surface area contributed by atoms with Crippen molar-refractivity contribution in [2.45, 2.75) is 12.4 Å². The van der Waals surface area contributed by atoms with Gasteiger partial charge >= 0.3 is 12.4 Å². The Balaban J connectivity index is 1.99. The van der Waals surface area contributed by atoms with E-state index < -0.39 is 35.0 Å². The van der Waals surface area contributed by atoms with Crippen LogP contribution in [-0.4, -0.2) is 32.2 Å². The molecule has 1 aliphatic heterocycles. The molecule has 0 spiro atoms. The Kier molecular flexibility index (Phi) is 5.74. The first-order valence-corrected chi connectivity index (χ1v) is 8.59. The van der Waals surface area contributed by atoms with E-state index in [-0.39, 0.29) is 11.4 Å². The van der Waals surface area contributed by atoms with Gasteiger partial charge in [-0.15, -0.1) is 0 Å². The fraction of sp³-hybridized carbons (Fsp3) is 0.316. The Morgan fingerprint density at radius 2 is 1.59 bits per heavy atom. The summed E-state index contributed by atoms with van der Waals surface area (Å²) in [6.45, 7) is 1.41. The number of amides is 1. The van der Waals surface area contributed by atoms with Gasteiger partial charge in [0.15, 0.2) is 0 Å². The number of carbonyl (C=O) groups excluding carboxylic acids is 1. The molecule has 1 aliphatic rings. The van der Waals surface area contributed by atoms with Crippen LogP contribution in [0.4, 0.5) is 37.7 Å². The van der Waals surface area contributed by atoms with Crippen molar-refractivity contribution in [2.24, 2.45) is 0 Å². The molecule has 1 amide bonds. The van der Waals surface area contributed by atoms with Crippen molar-refractivity contribution in [3.05, 3.63) is 59.2 Å². The van der Waals surface area contributed by atoms with E-state index in [2.05, 4.69) is 5.32 Å². The molecule has 29 heavy (non-hydrogen) atoms. The number of nitrogens with zero attached hydrogens (tertiary/aromatic N) is 1. The van der Waals surface area contributed by atoms with Gasteiger partial charge in [-0.2, -0.15) is 26.3 Å². The predicted molar refractivity (Wildman–Crippen MR) is 93.9 cm³/mol. The summed E-state index contributed by atoms with van der Waals surface area (Å²) in [4.78, 5) is 14.2. The topological polar surface area (TPSA) is 41.6 Å². The van der Waals surface area contributed by atoms with Crippen molar-refractivity contribution in [2.75, 3.05) is 36.5 Å². The number of rotatable bonds is 3. The molecule has 2 aromatic rings. The van der Waals surface area contributed by atoms with Crippen molar-refractivity contribution >= 4 is 17.3 Å². The zero-order valence-corrected chi connectivity index (χ0v) is 14.9. The Morgan fingerprint density at radius 1 is 0.931 bits per heavy atom. The predicted octanol–water partition coefficient (Wildman–Crippen LogP) is 4.81. The summed E-state index contributed by atoms with van der Waals surface area (Å²) in [6.07, 6.45) is -9.46. The maximum atomic E-state index is 13.2. The van der Waals surface area contributed by atoms with Gasteiger partial charge in [-0.05, 0) is 30.3 Å². The van der Waals surface area contributed by atoms with Gasteiger partial charge in [-0.25, -0.2) is 0 Å². The van der Waals surface area contributed by atoms with Crippen molar-refractivity contribution < 1.29 is 35.9 Å². The molecule has 1 N–H and O–H groups in total. The standard InChI is InChI=1S/C19H16F6N2O2/c20-18(21,22)12-5-6-16(27-7-9-29-10-8-27)15(11-12)26-17(28)13-3-1-2-4-14(13)19(23,24)25/h1-6,11H,7-10H2,(H,26,28). The summed E-state index contributed by atoms with van der Waals surface area (Å²) >= 11 is 0. The first kappa shape index (κ1) is 21.0. The first-order valence-electron chi connectivity index (χ1n) is 8.59. The van der Waals surface area contributed by atoms with E-state index in [1.807, 2.05) is 0 Å². The molecular formula is C19H16F6N2O2. The normalized spacial score (nSPS) is 15.3. The molecule has 0 atom stereocenters. The van der Waals surface area contributed by atoms with Crippen LogP contribution in [0, 0.1) is 0 Å². The molecule has 3 rings (SSSR count). The molecule has 0 bridgehead atoms. The number of nitrogens with one attached hydrogen (secondary N) is 1. The third-order valence-electron chi connectivity index (χ3n) is 4.40. The number of benzene rings is 2. The number of halogens is 6. The molecule has 2 aromatic carbocycles. The van der Waals surface area contributed by atoms with Crippen LogP contribution in [0.25, 0.3) is 0 Å². The van der Waals surface area contributed by atoms with Gasteiger partial charge < -0.3 is 15.0 Å². The second kappa shape index (κ2) is 7.94. The summed E-state index contributed by atoms with van der Waals surface area (Å²) in [5.74, 6) is -1.15. The largest absolute Gasteiger partial charge is 0.417 e. The third kappa shape index (κ3) is 4.81. The van der Waals surface area contributed by atoms with Crippen LogP contribution < -0.4 is 10.2 Å². The fourth-order valence-corrected chi connectivity index (χ4v) is 3.01. The molecule has 10 heteroatoms. The van der Waals surface area contributed by atoms with Gasteiger partial charge in [0.1, 0.15) is 0 Å². The van der Waals surface area contributed by atoms with E-state index in [4.69, 9.17) is 4.74 Å². The summed E-state index contributed by atoms with van der Waals surface area (Å²) < 4.78 is 84.2. The lowest BCUT2D eigenvalue weighted by molar-refractivity contribution is -0.138. The van der Waals surface area contributed by atoms with Crippen LogP contribution in [0.3, 0.4) is 0 Å². The van der Waals surface area contributed by atoms with Crippen LogP contribution in [0.15, 0.2) is 42.5 Å². The lowest BCUT2D eigenvalue weighted by atomic mass is 10.1. The Labute approximate surface area is 162 Å². The minimum absolute atomic E-state index is 0.219. The molecule has 0 radical (unpaired) electrons. The van der Waals surface area contributed by atoms with Gasteiger partial charge in [-0.1, -0.05) is 12.1 Å². The number of morpholine rings is 1. The molecule has 1 fully saturated rings. The van der Waals surface area contributed by atoms with Gasteiger partial charge in [0, 0.05) is 13.1 Å². The Morgan fingerprint density at radius 3 is 2.21 bits per heavy atom. The minimum atomic E-state index is -4.78. The lowest BCUT2D eigenvalue weighted by Gasteiger charge is -2.31. The Bertz CT molecular complexity index is 889. The first-order chi connectivity index (χ1) is 13.6. The van der Waals surface area contributed by atoms with Crippen molar-refractivity contribution in [3.8, 4) is 0 Å². The average molecular weight is 418 g/mol. The molecule has 1 heterocycles. The maximum absolute atomic E-state index is 13.2. The molecule has 0 saturated carbocycles. The number of anilines is 2. The molecule has 0 aromatic heterocycles. The van der Waals surface area contributed by atoms with Gasteiger partial charge in [-0.3, -0.25) is 4.79 Å². The molecule has 0 aliphatic carbocycles. The highest BCUT2D eigenvalue weighted by atomic mass is 19.4. The van der Waals surface area contributed by atoms with E-state index in [1.54, 1.807) is 4.90 Å². The maximum Gasteiger partial charge on any atom is 0.417 e. The van der Waals surface area contributed by atoms with E-state index in [0.29, 0.717) is 26.3 Å². The van der Waals surface area contributed by atoms with E-state index in [0.717, 1.165) is 30.3 Å². The van der Waals surface area contributed by atoms with E-state index >= 15 is 0 Å². The minimum Gasteiger partial charge on any atom is -0.378 e. The quantitative estimate of drug-likeness (QED) is 0.728. The highest BCUT2D eigenvalue weighted by Crippen LogP contribution is 2.37. The molecule has 1 saturated heterocycles. The van der Waals surface area contributed by atoms with Crippen LogP contribution in [0.2, 0.25) is 0 Å². The van der Waals surface area contributed by atoms with E-state index in [1.165, 1.54) is 12.1 Å². The van der Waals surface area contributed by atoms with Gasteiger partial charge in [0.05, 0.1) is 41.3 Å². The lowest BCUT2D eigenvalue weighted by Crippen LogP contribution is -2.37. The second-order valence-electron chi connectivity index (χ2n) is 6.33. The number of ether oxygens (including phenoxy) is 1. The molecular weight excluding hydrogens is 402 g/mol. The van der Waals surface area contributed by atoms with E-state index in [9.17, 15) is 31.1 Å². The van der Waals surface area contributed by atoms with Crippen molar-refractivity contribution in [1.82, 2.24) is 0 Å². The number of hydrogen-bond acceptors (Lipinski definition) is 3. The molecule has 4 nitrogen and oxygen atoms in total. The summed E-state index contributed by atoms with van der Waals surface area (Å²) in [7, 11) is 0. The van der Waals surface area contributed by atoms with Crippen molar-refractivity contribution in [1.29, 1.82) is 0 Å². The van der Waals surface area contributed by atoms with Crippen LogP contribution >= 0.6 is 0 Å². The number of alkyl halides is 6. The highest BCUT2D eigenvalue weighted by Gasteiger charge is 2.35. The van der Waals surface area contributed by atoms with Crippen LogP contribution in [0.5, 0.6) is 0 Å². The smallest absolute Gasteiger partial charge is 0.378 e. The Hall–Kier alpha value is -2.75. The molecule has 156 valence electrons. The summed E-state index contributed by atoms with van der Waals surface area (Å²) in [5, 5.41) is 2.23. The molecule has 0 unspecified atom stereocenters. The third-order valence-corrected chi connectivity index (χ3v) is 4.40. The van der Waals surface area contributed by atoms with Crippen LogP contribution in [0.1, 0.15) is 21.5 Å². The number of carbonyl (C=O) groups is 1. The zero-order chi connectivity index (χ0) is 21.2. The van der Waals surface area contributed by atoms with Crippen LogP contribution in [-0.2, 0) is 17.1 Å². The monoisotopic (exact) mass is 418 g/mol. The second-order valence-corrected chi connectivity index (χ2v) is 6.33. The van der Waals surface area contributed by atoms with Gasteiger partial charge in [0.25, 0.3) is 5.91 Å². The zero-order valence-electron chi connectivity index (χ0n) is 14.9. The van der Waals surface area contributed by atoms with Gasteiger partial charge in [0.2, 0.25) is 0 Å². The average Bonchev–Trinajstić information content (AvgIpc) is 2.67. The summed E-state index contributed by atoms with van der Waals surface area (Å²) in [6, 6.07) is 6.87. The number of hydrogen-bond donors (Lipinski definition) is 1.